The Morgan fingerprint density at radius 2 is 2.22 bits per heavy atom. The first-order chi connectivity index (χ1) is 8.58. The van der Waals surface area contributed by atoms with E-state index in [4.69, 9.17) is 0 Å². The van der Waals surface area contributed by atoms with Crippen molar-refractivity contribution in [2.24, 2.45) is 7.05 Å². The number of aryl methyl sites for hydroxylation is 2. The van der Waals surface area contributed by atoms with Crippen LogP contribution in [-0.2, 0) is 13.6 Å². The van der Waals surface area contributed by atoms with Crippen molar-refractivity contribution in [1.29, 1.82) is 0 Å². The fourth-order valence-electron chi connectivity index (χ4n) is 1.76. The Morgan fingerprint density at radius 3 is 2.89 bits per heavy atom. The first-order valence-corrected chi connectivity index (χ1v) is 5.80. The number of hydrogen-bond donors (Lipinski definition) is 2. The minimum Gasteiger partial charge on any atom is -0.506 e. The molecular weight excluding hydrogens is 230 g/mol. The van der Waals surface area contributed by atoms with Gasteiger partial charge in [0.2, 0.25) is 0 Å². The minimum absolute atomic E-state index is 0.0409. The quantitative estimate of drug-likeness (QED) is 0.845. The lowest BCUT2D eigenvalue weighted by Crippen LogP contribution is -2.21. The van der Waals surface area contributed by atoms with Gasteiger partial charge in [-0.25, -0.2) is 0 Å². The van der Waals surface area contributed by atoms with Gasteiger partial charge in [0.15, 0.2) is 0 Å². The van der Waals surface area contributed by atoms with Gasteiger partial charge in [-0.15, -0.1) is 10.2 Å². The van der Waals surface area contributed by atoms with E-state index in [-0.39, 0.29) is 11.8 Å². The van der Waals surface area contributed by atoms with Gasteiger partial charge >= 0.3 is 0 Å². The van der Waals surface area contributed by atoms with E-state index in [1.807, 2.05) is 25.5 Å². The Bertz CT molecular complexity index is 537. The predicted octanol–water partition coefficient (Wildman–Crippen LogP) is 1.07. The third-order valence-electron chi connectivity index (χ3n) is 2.80. The van der Waals surface area contributed by atoms with Crippen molar-refractivity contribution in [2.75, 3.05) is 0 Å². The second-order valence-electron chi connectivity index (χ2n) is 4.32. The molecule has 0 radical (unpaired) electrons. The molecule has 0 aliphatic heterocycles. The molecule has 0 amide bonds. The van der Waals surface area contributed by atoms with E-state index in [0.717, 1.165) is 11.5 Å². The van der Waals surface area contributed by atoms with Crippen LogP contribution in [0.3, 0.4) is 0 Å². The molecular formula is C12H17N5O. The molecule has 0 aliphatic rings. The van der Waals surface area contributed by atoms with Crippen LogP contribution in [0.2, 0.25) is 0 Å². The van der Waals surface area contributed by atoms with Crippen molar-refractivity contribution in [2.45, 2.75) is 26.4 Å². The van der Waals surface area contributed by atoms with E-state index in [1.54, 1.807) is 18.5 Å². The van der Waals surface area contributed by atoms with Crippen LogP contribution in [0.5, 0.6) is 5.75 Å². The highest BCUT2D eigenvalue weighted by atomic mass is 16.3. The number of hydrogen-bond acceptors (Lipinski definition) is 5. The van der Waals surface area contributed by atoms with Gasteiger partial charge in [0.05, 0.1) is 11.7 Å². The molecule has 1 atom stereocenters. The summed E-state index contributed by atoms with van der Waals surface area (Å²) in [6.45, 7) is 4.38. The SMILES string of the molecule is Cc1ccc(O)c(CNC(C)c2nncn2C)n1. The van der Waals surface area contributed by atoms with Crippen molar-refractivity contribution in [3.63, 3.8) is 0 Å². The molecule has 0 saturated carbocycles. The zero-order valence-corrected chi connectivity index (χ0v) is 10.8. The fourth-order valence-corrected chi connectivity index (χ4v) is 1.76. The van der Waals surface area contributed by atoms with Gasteiger partial charge in [-0.1, -0.05) is 0 Å². The Balaban J connectivity index is 2.03. The zero-order valence-electron chi connectivity index (χ0n) is 10.8. The fraction of sp³-hybridized carbons (Fsp3) is 0.417. The third kappa shape index (κ3) is 2.65. The Morgan fingerprint density at radius 1 is 1.44 bits per heavy atom. The summed E-state index contributed by atoms with van der Waals surface area (Å²) in [4.78, 5) is 4.29. The second-order valence-corrected chi connectivity index (χ2v) is 4.32. The number of pyridine rings is 1. The average Bonchev–Trinajstić information content (AvgIpc) is 2.76. The van der Waals surface area contributed by atoms with Crippen LogP contribution >= 0.6 is 0 Å². The van der Waals surface area contributed by atoms with Crippen LogP contribution in [0, 0.1) is 6.92 Å². The maximum atomic E-state index is 9.70. The lowest BCUT2D eigenvalue weighted by atomic mass is 10.2. The van der Waals surface area contributed by atoms with Crippen LogP contribution in [0.4, 0.5) is 0 Å². The molecule has 0 aromatic carbocycles. The molecule has 1 unspecified atom stereocenters. The summed E-state index contributed by atoms with van der Waals surface area (Å²) in [5, 5.41) is 20.8. The summed E-state index contributed by atoms with van der Waals surface area (Å²) in [6.07, 6.45) is 1.66. The van der Waals surface area contributed by atoms with E-state index in [0.29, 0.717) is 12.2 Å². The van der Waals surface area contributed by atoms with E-state index >= 15 is 0 Å². The van der Waals surface area contributed by atoms with E-state index < -0.39 is 0 Å². The number of nitrogens with one attached hydrogen (secondary N) is 1. The smallest absolute Gasteiger partial charge is 0.149 e. The van der Waals surface area contributed by atoms with Crippen LogP contribution in [0.1, 0.15) is 30.2 Å². The zero-order chi connectivity index (χ0) is 13.1. The Kier molecular flexibility index (Phi) is 3.57. The van der Waals surface area contributed by atoms with Crippen LogP contribution < -0.4 is 5.32 Å². The van der Waals surface area contributed by atoms with Crippen molar-refractivity contribution in [3.8, 4) is 5.75 Å². The highest BCUT2D eigenvalue weighted by molar-refractivity contribution is 5.27. The van der Waals surface area contributed by atoms with Crippen molar-refractivity contribution < 1.29 is 5.11 Å². The van der Waals surface area contributed by atoms with Gasteiger partial charge in [0.25, 0.3) is 0 Å². The van der Waals surface area contributed by atoms with Gasteiger partial charge in [0, 0.05) is 19.3 Å². The van der Waals surface area contributed by atoms with Crippen LogP contribution in [0.25, 0.3) is 0 Å². The lowest BCUT2D eigenvalue weighted by Gasteiger charge is -2.13. The molecule has 0 aliphatic carbocycles. The van der Waals surface area contributed by atoms with Crippen LogP contribution in [-0.4, -0.2) is 24.9 Å². The third-order valence-corrected chi connectivity index (χ3v) is 2.80. The summed E-state index contributed by atoms with van der Waals surface area (Å²) in [5.41, 5.74) is 1.53. The average molecular weight is 247 g/mol. The highest BCUT2D eigenvalue weighted by Gasteiger charge is 2.12. The highest BCUT2D eigenvalue weighted by Crippen LogP contribution is 2.16. The number of aromatic nitrogens is 4. The molecule has 2 rings (SSSR count). The summed E-state index contributed by atoms with van der Waals surface area (Å²) < 4.78 is 1.86. The first kappa shape index (κ1) is 12.5. The predicted molar refractivity (Wildman–Crippen MR) is 66.9 cm³/mol. The summed E-state index contributed by atoms with van der Waals surface area (Å²) in [6, 6.07) is 3.48. The molecule has 6 heteroatoms. The topological polar surface area (TPSA) is 75.9 Å². The maximum Gasteiger partial charge on any atom is 0.149 e. The van der Waals surface area contributed by atoms with Gasteiger partial charge in [-0.3, -0.25) is 4.98 Å². The molecule has 0 saturated heterocycles. The second kappa shape index (κ2) is 5.14. The van der Waals surface area contributed by atoms with Crippen molar-refractivity contribution in [1.82, 2.24) is 25.1 Å². The standard InChI is InChI=1S/C12H17N5O/c1-8-4-5-11(18)10(15-8)6-13-9(2)12-16-14-7-17(12)3/h4-5,7,9,13,18H,6H2,1-3H3. The molecule has 2 aromatic heterocycles. The van der Waals surface area contributed by atoms with E-state index in [2.05, 4.69) is 20.5 Å². The van der Waals surface area contributed by atoms with E-state index in [9.17, 15) is 5.11 Å². The van der Waals surface area contributed by atoms with Crippen molar-refractivity contribution >= 4 is 0 Å². The minimum atomic E-state index is 0.0409. The van der Waals surface area contributed by atoms with Gasteiger partial charge < -0.3 is 15.0 Å². The molecule has 0 spiro atoms. The summed E-state index contributed by atoms with van der Waals surface area (Å²) in [7, 11) is 1.90. The molecule has 0 fully saturated rings. The normalized spacial score (nSPS) is 12.6. The Labute approximate surface area is 106 Å². The van der Waals surface area contributed by atoms with Crippen molar-refractivity contribution in [3.05, 3.63) is 35.7 Å². The lowest BCUT2D eigenvalue weighted by molar-refractivity contribution is 0.450. The molecule has 2 heterocycles. The largest absolute Gasteiger partial charge is 0.506 e. The van der Waals surface area contributed by atoms with Crippen LogP contribution in [0.15, 0.2) is 18.5 Å². The Hall–Kier alpha value is -1.95. The molecule has 6 nitrogen and oxygen atoms in total. The molecule has 96 valence electrons. The molecule has 0 bridgehead atoms. The summed E-state index contributed by atoms with van der Waals surface area (Å²) >= 11 is 0. The van der Waals surface area contributed by atoms with Gasteiger partial charge in [0.1, 0.15) is 17.9 Å². The monoisotopic (exact) mass is 247 g/mol. The summed E-state index contributed by atoms with van der Waals surface area (Å²) in [5.74, 6) is 1.06. The number of nitrogens with zero attached hydrogens (tertiary/aromatic N) is 4. The molecule has 2 N–H and O–H groups in total. The molecule has 2 aromatic rings. The van der Waals surface area contributed by atoms with E-state index in [1.165, 1.54) is 0 Å². The maximum absolute atomic E-state index is 9.70. The number of rotatable bonds is 4. The first-order valence-electron chi connectivity index (χ1n) is 5.80. The van der Waals surface area contributed by atoms with Gasteiger partial charge in [-0.2, -0.15) is 0 Å². The van der Waals surface area contributed by atoms with Gasteiger partial charge in [-0.05, 0) is 26.0 Å². The molecule has 18 heavy (non-hydrogen) atoms. The number of aromatic hydroxyl groups is 1.